The first-order valence-electron chi connectivity index (χ1n) is 13.3. The summed E-state index contributed by atoms with van der Waals surface area (Å²) in [5, 5.41) is 6.63. The maximum absolute atomic E-state index is 13.2. The summed E-state index contributed by atoms with van der Waals surface area (Å²) in [7, 11) is 1.61. The zero-order chi connectivity index (χ0) is 29.6. The van der Waals surface area contributed by atoms with Crippen LogP contribution in [0.25, 0.3) is 5.95 Å². The standard InChI is InChI=1S/C29H30Cl2N8O3/c1-19-13-26(36-28(34-19)38-10-9-32-18-38)39-12-11-37(29(41)35-21-5-8-24(30)25(31)14-21)17-22(39)15-27(40)33-16-20-3-6-23(42-2)7-4-20/h3-10,13-14,18,22H,11-12,15-17H2,1-2H3,(H,33,40)(H,35,41). The lowest BCUT2D eigenvalue weighted by molar-refractivity contribution is -0.121. The largest absolute Gasteiger partial charge is 0.497 e. The van der Waals surface area contributed by atoms with Crippen LogP contribution in [0.2, 0.25) is 10.0 Å². The lowest BCUT2D eigenvalue weighted by atomic mass is 10.1. The van der Waals surface area contributed by atoms with Gasteiger partial charge in [-0.2, -0.15) is 4.98 Å². The van der Waals surface area contributed by atoms with E-state index in [2.05, 4.69) is 25.5 Å². The molecule has 1 atom stereocenters. The molecule has 3 amide bonds. The third kappa shape index (κ3) is 7.10. The Hall–Kier alpha value is -4.35. The monoisotopic (exact) mass is 608 g/mol. The van der Waals surface area contributed by atoms with Crippen LogP contribution in [0.3, 0.4) is 0 Å². The molecule has 0 aliphatic carbocycles. The van der Waals surface area contributed by atoms with Crippen molar-refractivity contribution < 1.29 is 14.3 Å². The average Bonchev–Trinajstić information content (AvgIpc) is 3.53. The number of imidazole rings is 1. The van der Waals surface area contributed by atoms with Gasteiger partial charge in [-0.3, -0.25) is 9.36 Å². The maximum Gasteiger partial charge on any atom is 0.321 e. The highest BCUT2D eigenvalue weighted by atomic mass is 35.5. The molecule has 2 aromatic heterocycles. The Morgan fingerprint density at radius 2 is 1.86 bits per heavy atom. The van der Waals surface area contributed by atoms with E-state index in [9.17, 15) is 9.59 Å². The highest BCUT2D eigenvalue weighted by Gasteiger charge is 2.32. The number of aromatic nitrogens is 4. The molecular formula is C29H30Cl2N8O3. The first kappa shape index (κ1) is 29.2. The van der Waals surface area contributed by atoms with E-state index in [4.69, 9.17) is 32.9 Å². The van der Waals surface area contributed by atoms with Gasteiger partial charge in [-0.05, 0) is 42.8 Å². The van der Waals surface area contributed by atoms with Crippen LogP contribution in [0.4, 0.5) is 16.3 Å². The summed E-state index contributed by atoms with van der Waals surface area (Å²) in [6, 6.07) is 13.7. The molecule has 1 saturated heterocycles. The molecule has 4 aromatic rings. The van der Waals surface area contributed by atoms with Crippen molar-refractivity contribution in [2.45, 2.75) is 25.9 Å². The molecule has 42 heavy (non-hydrogen) atoms. The molecule has 1 aliphatic heterocycles. The van der Waals surface area contributed by atoms with Crippen molar-refractivity contribution in [2.75, 3.05) is 37.0 Å². The average molecular weight is 610 g/mol. The van der Waals surface area contributed by atoms with Crippen LogP contribution >= 0.6 is 23.2 Å². The smallest absolute Gasteiger partial charge is 0.321 e. The predicted octanol–water partition coefficient (Wildman–Crippen LogP) is 4.72. The number of rotatable bonds is 8. The quantitative estimate of drug-likeness (QED) is 0.297. The summed E-state index contributed by atoms with van der Waals surface area (Å²) in [4.78, 5) is 43.6. The Labute approximate surface area is 253 Å². The maximum atomic E-state index is 13.2. The van der Waals surface area contributed by atoms with E-state index in [0.29, 0.717) is 53.7 Å². The molecule has 0 spiro atoms. The number of benzene rings is 2. The summed E-state index contributed by atoms with van der Waals surface area (Å²) in [5.41, 5.74) is 2.25. The van der Waals surface area contributed by atoms with Gasteiger partial charge in [0.15, 0.2) is 0 Å². The second kappa shape index (κ2) is 13.1. The summed E-state index contributed by atoms with van der Waals surface area (Å²) in [6.45, 7) is 3.44. The molecule has 0 radical (unpaired) electrons. The number of urea groups is 1. The van der Waals surface area contributed by atoms with Gasteiger partial charge in [0.25, 0.3) is 0 Å². The van der Waals surface area contributed by atoms with Crippen molar-refractivity contribution >= 4 is 46.6 Å². The molecule has 0 saturated carbocycles. The fourth-order valence-corrected chi connectivity index (χ4v) is 5.00. The van der Waals surface area contributed by atoms with Crippen molar-refractivity contribution in [3.05, 3.63) is 88.6 Å². The normalized spacial score (nSPS) is 14.9. The number of halogens is 2. The molecule has 11 nitrogen and oxygen atoms in total. The van der Waals surface area contributed by atoms with E-state index >= 15 is 0 Å². The van der Waals surface area contributed by atoms with Crippen LogP contribution in [-0.4, -0.2) is 69.1 Å². The summed E-state index contributed by atoms with van der Waals surface area (Å²) in [6.07, 6.45) is 5.21. The second-order valence-corrected chi connectivity index (χ2v) is 10.6. The Morgan fingerprint density at radius 3 is 2.57 bits per heavy atom. The molecular weight excluding hydrogens is 579 g/mol. The Balaban J connectivity index is 1.34. The van der Waals surface area contributed by atoms with Crippen LogP contribution in [0.1, 0.15) is 17.7 Å². The molecule has 1 aliphatic rings. The number of nitrogens with one attached hydrogen (secondary N) is 2. The molecule has 5 rings (SSSR count). The van der Waals surface area contributed by atoms with Crippen LogP contribution in [0, 0.1) is 6.92 Å². The predicted molar refractivity (Wildman–Crippen MR) is 162 cm³/mol. The van der Waals surface area contributed by atoms with Crippen molar-refractivity contribution in [3.8, 4) is 11.7 Å². The van der Waals surface area contributed by atoms with Gasteiger partial charge in [0.2, 0.25) is 11.9 Å². The molecule has 218 valence electrons. The van der Waals surface area contributed by atoms with Gasteiger partial charge >= 0.3 is 6.03 Å². The molecule has 0 bridgehead atoms. The lowest BCUT2D eigenvalue weighted by Crippen LogP contribution is -2.57. The number of hydrogen-bond donors (Lipinski definition) is 2. The highest BCUT2D eigenvalue weighted by molar-refractivity contribution is 6.42. The summed E-state index contributed by atoms with van der Waals surface area (Å²) < 4.78 is 6.94. The van der Waals surface area contributed by atoms with Crippen LogP contribution in [-0.2, 0) is 11.3 Å². The Morgan fingerprint density at radius 1 is 1.05 bits per heavy atom. The van der Waals surface area contributed by atoms with Gasteiger partial charge in [-0.1, -0.05) is 35.3 Å². The van der Waals surface area contributed by atoms with Gasteiger partial charge in [0, 0.05) is 62.4 Å². The van der Waals surface area contributed by atoms with E-state index in [1.807, 2.05) is 37.3 Å². The molecule has 13 heteroatoms. The zero-order valence-corrected chi connectivity index (χ0v) is 24.6. The van der Waals surface area contributed by atoms with Gasteiger partial charge in [0.1, 0.15) is 17.9 Å². The van der Waals surface area contributed by atoms with Gasteiger partial charge < -0.3 is 25.2 Å². The number of carbonyl (C=O) groups excluding carboxylic acids is 2. The Kier molecular flexibility index (Phi) is 9.09. The zero-order valence-electron chi connectivity index (χ0n) is 23.1. The van der Waals surface area contributed by atoms with Crippen molar-refractivity contribution in [1.29, 1.82) is 0 Å². The van der Waals surface area contributed by atoms with Gasteiger partial charge in [-0.25, -0.2) is 14.8 Å². The molecule has 2 N–H and O–H groups in total. The van der Waals surface area contributed by atoms with E-state index in [0.717, 1.165) is 17.0 Å². The number of hydrogen-bond acceptors (Lipinski definition) is 7. The first-order chi connectivity index (χ1) is 20.3. The van der Waals surface area contributed by atoms with Crippen LogP contribution < -0.4 is 20.3 Å². The van der Waals surface area contributed by atoms with E-state index in [1.54, 1.807) is 53.5 Å². The topological polar surface area (TPSA) is 118 Å². The Bertz CT molecular complexity index is 1550. The third-order valence-corrected chi connectivity index (χ3v) is 7.61. The fraction of sp³-hybridized carbons (Fsp3) is 0.276. The summed E-state index contributed by atoms with van der Waals surface area (Å²) in [5.74, 6) is 1.75. The number of piperazine rings is 1. The van der Waals surface area contributed by atoms with E-state index < -0.39 is 0 Å². The fourth-order valence-electron chi connectivity index (χ4n) is 4.70. The van der Waals surface area contributed by atoms with Crippen molar-refractivity contribution in [1.82, 2.24) is 29.7 Å². The number of aryl methyl sites for hydroxylation is 1. The summed E-state index contributed by atoms with van der Waals surface area (Å²) >= 11 is 12.2. The number of anilines is 2. The van der Waals surface area contributed by atoms with Crippen LogP contribution in [0.5, 0.6) is 5.75 Å². The highest BCUT2D eigenvalue weighted by Crippen LogP contribution is 2.26. The molecule has 1 unspecified atom stereocenters. The number of methoxy groups -OCH3 is 1. The van der Waals surface area contributed by atoms with Crippen molar-refractivity contribution in [2.24, 2.45) is 0 Å². The lowest BCUT2D eigenvalue weighted by Gasteiger charge is -2.42. The van der Waals surface area contributed by atoms with Gasteiger partial charge in [-0.15, -0.1) is 0 Å². The van der Waals surface area contributed by atoms with Crippen molar-refractivity contribution in [3.63, 3.8) is 0 Å². The van der Waals surface area contributed by atoms with Gasteiger partial charge in [0.05, 0.1) is 23.2 Å². The van der Waals surface area contributed by atoms with E-state index in [1.165, 1.54) is 0 Å². The number of carbonyl (C=O) groups is 2. The second-order valence-electron chi connectivity index (χ2n) is 9.82. The minimum Gasteiger partial charge on any atom is -0.497 e. The number of nitrogens with zero attached hydrogens (tertiary/aromatic N) is 6. The first-order valence-corrected chi connectivity index (χ1v) is 14.1. The van der Waals surface area contributed by atoms with Crippen LogP contribution in [0.15, 0.2) is 67.3 Å². The number of ether oxygens (including phenoxy) is 1. The molecule has 1 fully saturated rings. The third-order valence-electron chi connectivity index (χ3n) is 6.87. The minimum absolute atomic E-state index is 0.145. The minimum atomic E-state index is -0.348. The molecule has 2 aromatic carbocycles. The molecule has 3 heterocycles. The SMILES string of the molecule is COc1ccc(CNC(=O)CC2CN(C(=O)Nc3ccc(Cl)c(Cl)c3)CCN2c2cc(C)nc(-n3ccnc3)n2)cc1. The number of amides is 3. The van der Waals surface area contributed by atoms with E-state index in [-0.39, 0.29) is 24.4 Å².